The zero-order valence-electron chi connectivity index (χ0n) is 8.56. The fraction of sp³-hybridized carbons (Fsp3) is 0.333. The van der Waals surface area contributed by atoms with E-state index in [0.717, 1.165) is 6.07 Å². The van der Waals surface area contributed by atoms with Crippen LogP contribution in [0.2, 0.25) is 10.0 Å². The number of aliphatic hydroxyl groups is 2. The Morgan fingerprint density at radius 1 is 1.41 bits per heavy atom. The standard InChI is InChI=1S/C9H10Cl2N2O4/c10-6-2-9(13(16)17)7(11)1-8(6)12-3-5(15)4-14/h1-2,5,12,14-15H,3-4H2. The lowest BCUT2D eigenvalue weighted by molar-refractivity contribution is -0.384. The summed E-state index contributed by atoms with van der Waals surface area (Å²) in [6.07, 6.45) is -0.944. The lowest BCUT2D eigenvalue weighted by Gasteiger charge is -2.11. The van der Waals surface area contributed by atoms with Crippen molar-refractivity contribution in [2.45, 2.75) is 6.10 Å². The molecule has 1 atom stereocenters. The second-order valence-corrected chi connectivity index (χ2v) is 4.07. The van der Waals surface area contributed by atoms with Crippen LogP contribution in [-0.4, -0.2) is 34.4 Å². The molecule has 8 heteroatoms. The fourth-order valence-corrected chi connectivity index (χ4v) is 1.56. The van der Waals surface area contributed by atoms with Crippen LogP contribution in [0.5, 0.6) is 0 Å². The molecule has 0 saturated heterocycles. The van der Waals surface area contributed by atoms with Gasteiger partial charge in [0.15, 0.2) is 0 Å². The maximum absolute atomic E-state index is 10.6. The van der Waals surface area contributed by atoms with E-state index in [1.165, 1.54) is 6.07 Å². The predicted octanol–water partition coefficient (Wildman–Crippen LogP) is 1.67. The minimum absolute atomic E-state index is 0.0552. The zero-order chi connectivity index (χ0) is 13.0. The summed E-state index contributed by atoms with van der Waals surface area (Å²) >= 11 is 11.5. The van der Waals surface area contributed by atoms with Gasteiger partial charge in [-0.3, -0.25) is 10.1 Å². The molecule has 0 amide bonds. The number of nitrogens with one attached hydrogen (secondary N) is 1. The third-order valence-electron chi connectivity index (χ3n) is 1.97. The molecule has 0 aliphatic rings. The smallest absolute Gasteiger partial charge is 0.289 e. The van der Waals surface area contributed by atoms with Gasteiger partial charge in [-0.25, -0.2) is 0 Å². The molecule has 0 radical (unpaired) electrons. The third-order valence-corrected chi connectivity index (χ3v) is 2.59. The van der Waals surface area contributed by atoms with Crippen molar-refractivity contribution in [3.8, 4) is 0 Å². The average molecular weight is 281 g/mol. The van der Waals surface area contributed by atoms with Gasteiger partial charge in [-0.15, -0.1) is 0 Å². The number of aliphatic hydroxyl groups excluding tert-OH is 2. The van der Waals surface area contributed by atoms with E-state index in [1.54, 1.807) is 0 Å². The van der Waals surface area contributed by atoms with E-state index in [0.29, 0.717) is 5.69 Å². The summed E-state index contributed by atoms with van der Waals surface area (Å²) in [5.41, 5.74) is 0.0692. The summed E-state index contributed by atoms with van der Waals surface area (Å²) in [6, 6.07) is 2.42. The molecule has 0 bridgehead atoms. The Balaban J connectivity index is 2.88. The Labute approximate surface area is 107 Å². The number of rotatable bonds is 5. The van der Waals surface area contributed by atoms with Crippen LogP contribution in [0.25, 0.3) is 0 Å². The van der Waals surface area contributed by atoms with Crippen molar-refractivity contribution in [1.29, 1.82) is 0 Å². The molecule has 1 unspecified atom stereocenters. The van der Waals surface area contributed by atoms with Crippen molar-refractivity contribution >= 4 is 34.6 Å². The Bertz CT molecular complexity index is 428. The first-order valence-corrected chi connectivity index (χ1v) is 5.37. The first kappa shape index (κ1) is 14.0. The predicted molar refractivity (Wildman–Crippen MR) is 64.7 cm³/mol. The molecule has 0 aliphatic heterocycles. The van der Waals surface area contributed by atoms with Crippen LogP contribution in [0, 0.1) is 10.1 Å². The molecule has 0 saturated carbocycles. The van der Waals surface area contributed by atoms with E-state index in [-0.39, 0.29) is 22.3 Å². The highest BCUT2D eigenvalue weighted by molar-refractivity contribution is 6.36. The maximum Gasteiger partial charge on any atom is 0.289 e. The number of anilines is 1. The Morgan fingerprint density at radius 2 is 2.06 bits per heavy atom. The van der Waals surface area contributed by atoms with Crippen LogP contribution in [0.3, 0.4) is 0 Å². The van der Waals surface area contributed by atoms with Crippen molar-refractivity contribution in [2.75, 3.05) is 18.5 Å². The van der Waals surface area contributed by atoms with Crippen LogP contribution in [0.15, 0.2) is 12.1 Å². The molecule has 0 heterocycles. The molecule has 0 aliphatic carbocycles. The van der Waals surface area contributed by atoms with Crippen molar-refractivity contribution in [2.24, 2.45) is 0 Å². The van der Waals surface area contributed by atoms with Gasteiger partial charge < -0.3 is 15.5 Å². The second-order valence-electron chi connectivity index (χ2n) is 3.26. The summed E-state index contributed by atoms with van der Waals surface area (Å²) in [7, 11) is 0. The van der Waals surface area contributed by atoms with E-state index < -0.39 is 17.6 Å². The molecule has 3 N–H and O–H groups in total. The molecular formula is C9H10Cl2N2O4. The van der Waals surface area contributed by atoms with Crippen molar-refractivity contribution < 1.29 is 15.1 Å². The van der Waals surface area contributed by atoms with Gasteiger partial charge >= 0.3 is 0 Å². The van der Waals surface area contributed by atoms with Crippen molar-refractivity contribution in [3.63, 3.8) is 0 Å². The molecular weight excluding hydrogens is 271 g/mol. The number of hydrogen-bond acceptors (Lipinski definition) is 5. The normalized spacial score (nSPS) is 12.2. The van der Waals surface area contributed by atoms with E-state index in [9.17, 15) is 10.1 Å². The topological polar surface area (TPSA) is 95.6 Å². The minimum atomic E-state index is -0.944. The number of halogens is 2. The van der Waals surface area contributed by atoms with E-state index in [1.807, 2.05) is 0 Å². The number of nitrogens with zero attached hydrogens (tertiary/aromatic N) is 1. The average Bonchev–Trinajstić information content (AvgIpc) is 2.28. The van der Waals surface area contributed by atoms with Gasteiger partial charge in [0, 0.05) is 12.6 Å². The molecule has 0 fully saturated rings. The summed E-state index contributed by atoms with van der Waals surface area (Å²) < 4.78 is 0. The SMILES string of the molecule is O=[N+]([O-])c1cc(Cl)c(NCC(O)CO)cc1Cl. The summed E-state index contributed by atoms with van der Waals surface area (Å²) in [5.74, 6) is 0. The quantitative estimate of drug-likeness (QED) is 0.563. The Hall–Kier alpha value is -1.08. The highest BCUT2D eigenvalue weighted by Crippen LogP contribution is 2.33. The molecule has 0 aromatic heterocycles. The maximum atomic E-state index is 10.6. The number of benzene rings is 1. The Kier molecular flexibility index (Phi) is 4.95. The number of nitro groups is 1. The molecule has 1 rings (SSSR count). The highest BCUT2D eigenvalue weighted by atomic mass is 35.5. The molecule has 17 heavy (non-hydrogen) atoms. The molecule has 1 aromatic rings. The number of hydrogen-bond donors (Lipinski definition) is 3. The third kappa shape index (κ3) is 3.71. The lowest BCUT2D eigenvalue weighted by atomic mass is 10.2. The van der Waals surface area contributed by atoms with Crippen LogP contribution in [-0.2, 0) is 0 Å². The van der Waals surface area contributed by atoms with Crippen LogP contribution < -0.4 is 5.32 Å². The largest absolute Gasteiger partial charge is 0.394 e. The van der Waals surface area contributed by atoms with Gasteiger partial charge in [-0.2, -0.15) is 0 Å². The van der Waals surface area contributed by atoms with Gasteiger partial charge in [-0.05, 0) is 6.07 Å². The van der Waals surface area contributed by atoms with E-state index in [2.05, 4.69) is 5.32 Å². The summed E-state index contributed by atoms with van der Waals surface area (Å²) in [4.78, 5) is 9.93. The van der Waals surface area contributed by atoms with Gasteiger partial charge in [0.05, 0.1) is 28.3 Å². The van der Waals surface area contributed by atoms with Crippen LogP contribution >= 0.6 is 23.2 Å². The van der Waals surface area contributed by atoms with E-state index in [4.69, 9.17) is 33.4 Å². The second kappa shape index (κ2) is 6.02. The molecule has 94 valence electrons. The lowest BCUT2D eigenvalue weighted by Crippen LogP contribution is -2.23. The van der Waals surface area contributed by atoms with Gasteiger partial charge in [0.25, 0.3) is 5.69 Å². The Morgan fingerprint density at radius 3 is 2.59 bits per heavy atom. The molecule has 0 spiro atoms. The first-order valence-electron chi connectivity index (χ1n) is 4.62. The fourth-order valence-electron chi connectivity index (χ4n) is 1.10. The monoisotopic (exact) mass is 280 g/mol. The van der Waals surface area contributed by atoms with E-state index >= 15 is 0 Å². The molecule has 1 aromatic carbocycles. The zero-order valence-corrected chi connectivity index (χ0v) is 10.1. The van der Waals surface area contributed by atoms with Gasteiger partial charge in [0.2, 0.25) is 0 Å². The first-order chi connectivity index (χ1) is 7.95. The van der Waals surface area contributed by atoms with Crippen LogP contribution in [0.4, 0.5) is 11.4 Å². The minimum Gasteiger partial charge on any atom is -0.394 e. The van der Waals surface area contributed by atoms with Gasteiger partial charge in [-0.1, -0.05) is 23.2 Å². The summed E-state index contributed by atoms with van der Waals surface area (Å²) in [5, 5.41) is 31.1. The summed E-state index contributed by atoms with van der Waals surface area (Å²) in [6.45, 7) is -0.338. The molecule has 6 nitrogen and oxygen atoms in total. The van der Waals surface area contributed by atoms with Crippen molar-refractivity contribution in [3.05, 3.63) is 32.3 Å². The highest BCUT2D eigenvalue weighted by Gasteiger charge is 2.16. The van der Waals surface area contributed by atoms with Crippen molar-refractivity contribution in [1.82, 2.24) is 0 Å². The van der Waals surface area contributed by atoms with Gasteiger partial charge in [0.1, 0.15) is 5.02 Å². The number of nitro benzene ring substituents is 1. The van der Waals surface area contributed by atoms with Crippen LogP contribution in [0.1, 0.15) is 0 Å².